The lowest BCUT2D eigenvalue weighted by Gasteiger charge is -2.25. The van der Waals surface area contributed by atoms with E-state index in [1.54, 1.807) is 6.26 Å². The molecule has 0 radical (unpaired) electrons. The summed E-state index contributed by atoms with van der Waals surface area (Å²) in [6.45, 7) is 0.771. The van der Waals surface area contributed by atoms with Crippen LogP contribution < -0.4 is 5.32 Å². The van der Waals surface area contributed by atoms with Crippen LogP contribution in [-0.2, 0) is 6.54 Å². The molecule has 1 heterocycles. The minimum absolute atomic E-state index is 0.771. The fourth-order valence-corrected chi connectivity index (χ4v) is 2.57. The van der Waals surface area contributed by atoms with E-state index in [0.717, 1.165) is 18.2 Å². The summed E-state index contributed by atoms with van der Waals surface area (Å²) in [5.74, 6) is 1.81. The van der Waals surface area contributed by atoms with Crippen LogP contribution in [0.25, 0.3) is 11.1 Å². The molecule has 1 aromatic carbocycles. The fraction of sp³-hybridized carbons (Fsp3) is 0.375. The third-order valence-corrected chi connectivity index (χ3v) is 3.88. The predicted molar refractivity (Wildman–Crippen MR) is 73.5 cm³/mol. The van der Waals surface area contributed by atoms with E-state index in [4.69, 9.17) is 4.42 Å². The summed E-state index contributed by atoms with van der Waals surface area (Å²) in [7, 11) is 1.94. The van der Waals surface area contributed by atoms with Crippen molar-refractivity contribution in [3.8, 4) is 11.1 Å². The number of hydrogen-bond acceptors (Lipinski definition) is 2. The zero-order valence-electron chi connectivity index (χ0n) is 10.8. The first-order valence-corrected chi connectivity index (χ1v) is 6.70. The van der Waals surface area contributed by atoms with Crippen molar-refractivity contribution in [1.82, 2.24) is 5.32 Å². The molecule has 1 aliphatic rings. The molecule has 0 aliphatic heterocycles. The topological polar surface area (TPSA) is 25.2 Å². The first-order valence-electron chi connectivity index (χ1n) is 6.70. The van der Waals surface area contributed by atoms with Gasteiger partial charge in [0.15, 0.2) is 0 Å². The second-order valence-electron chi connectivity index (χ2n) is 5.04. The number of benzene rings is 1. The first-order chi connectivity index (χ1) is 8.88. The van der Waals surface area contributed by atoms with Crippen LogP contribution in [0.3, 0.4) is 0 Å². The van der Waals surface area contributed by atoms with Crippen molar-refractivity contribution in [2.24, 2.45) is 0 Å². The third kappa shape index (κ3) is 2.08. The summed E-state index contributed by atoms with van der Waals surface area (Å²) in [6, 6.07) is 11.0. The lowest BCUT2D eigenvalue weighted by molar-refractivity contribution is 0.420. The molecule has 0 unspecified atom stereocenters. The molecule has 0 atom stereocenters. The van der Waals surface area contributed by atoms with Gasteiger partial charge in [-0.15, -0.1) is 0 Å². The Labute approximate surface area is 108 Å². The first kappa shape index (κ1) is 11.5. The Morgan fingerprint density at radius 2 is 1.94 bits per heavy atom. The highest BCUT2D eigenvalue weighted by Crippen LogP contribution is 2.37. The maximum absolute atomic E-state index is 5.51. The number of nitrogens with one attached hydrogen (secondary N) is 1. The standard InChI is InChI=1S/C16H19NO/c1-17-11-16-15(9-10-18-16)14-7-5-13(6-8-14)12-3-2-4-12/h5-10,12,17H,2-4,11H2,1H3. The van der Waals surface area contributed by atoms with Crippen LogP contribution in [0.15, 0.2) is 41.0 Å². The highest BCUT2D eigenvalue weighted by atomic mass is 16.3. The van der Waals surface area contributed by atoms with Crippen LogP contribution in [0, 0.1) is 0 Å². The van der Waals surface area contributed by atoms with Gasteiger partial charge in [-0.2, -0.15) is 0 Å². The number of furan rings is 1. The summed E-state index contributed by atoms with van der Waals surface area (Å²) < 4.78 is 5.51. The van der Waals surface area contributed by atoms with Gasteiger partial charge in [0.1, 0.15) is 5.76 Å². The molecule has 2 heteroatoms. The van der Waals surface area contributed by atoms with E-state index in [0.29, 0.717) is 0 Å². The van der Waals surface area contributed by atoms with E-state index < -0.39 is 0 Å². The normalized spacial score (nSPS) is 15.6. The fourth-order valence-electron chi connectivity index (χ4n) is 2.57. The molecule has 3 rings (SSSR count). The summed E-state index contributed by atoms with van der Waals surface area (Å²) in [5.41, 5.74) is 3.94. The van der Waals surface area contributed by atoms with Crippen molar-refractivity contribution in [2.75, 3.05) is 7.05 Å². The number of hydrogen-bond donors (Lipinski definition) is 1. The summed E-state index contributed by atoms with van der Waals surface area (Å²) in [5, 5.41) is 3.13. The molecular weight excluding hydrogens is 222 g/mol. The molecule has 1 fully saturated rings. The molecule has 1 N–H and O–H groups in total. The lowest BCUT2D eigenvalue weighted by atomic mass is 9.80. The van der Waals surface area contributed by atoms with Gasteiger partial charge in [-0.3, -0.25) is 0 Å². The monoisotopic (exact) mass is 241 g/mol. The van der Waals surface area contributed by atoms with Gasteiger partial charge < -0.3 is 9.73 Å². The zero-order chi connectivity index (χ0) is 12.4. The Kier molecular flexibility index (Phi) is 3.20. The van der Waals surface area contributed by atoms with Crippen LogP contribution >= 0.6 is 0 Å². The van der Waals surface area contributed by atoms with Crippen LogP contribution in [0.1, 0.15) is 36.5 Å². The average molecular weight is 241 g/mol. The Morgan fingerprint density at radius 3 is 2.56 bits per heavy atom. The molecule has 1 saturated carbocycles. The van der Waals surface area contributed by atoms with Crippen LogP contribution in [-0.4, -0.2) is 7.05 Å². The van der Waals surface area contributed by atoms with Crippen molar-refractivity contribution in [3.05, 3.63) is 47.9 Å². The molecule has 94 valence electrons. The number of rotatable bonds is 4. The lowest BCUT2D eigenvalue weighted by Crippen LogP contribution is -2.08. The van der Waals surface area contributed by atoms with E-state index in [1.165, 1.54) is 36.0 Å². The van der Waals surface area contributed by atoms with E-state index in [1.807, 2.05) is 13.1 Å². The molecule has 0 amide bonds. The van der Waals surface area contributed by atoms with Crippen LogP contribution in [0.5, 0.6) is 0 Å². The molecular formula is C16H19NO. The maximum Gasteiger partial charge on any atom is 0.125 e. The van der Waals surface area contributed by atoms with Gasteiger partial charge >= 0.3 is 0 Å². The Bertz CT molecular complexity index is 508. The Hall–Kier alpha value is -1.54. The summed E-state index contributed by atoms with van der Waals surface area (Å²) in [4.78, 5) is 0. The largest absolute Gasteiger partial charge is 0.467 e. The van der Waals surface area contributed by atoms with Gasteiger partial charge in [-0.25, -0.2) is 0 Å². The summed E-state index contributed by atoms with van der Waals surface area (Å²) >= 11 is 0. The van der Waals surface area contributed by atoms with Crippen molar-refractivity contribution >= 4 is 0 Å². The van der Waals surface area contributed by atoms with Gasteiger partial charge in [0, 0.05) is 5.56 Å². The smallest absolute Gasteiger partial charge is 0.125 e. The molecule has 0 spiro atoms. The zero-order valence-corrected chi connectivity index (χ0v) is 10.8. The van der Waals surface area contributed by atoms with Crippen molar-refractivity contribution < 1.29 is 4.42 Å². The van der Waals surface area contributed by atoms with Gasteiger partial charge in [0.2, 0.25) is 0 Å². The minimum Gasteiger partial charge on any atom is -0.467 e. The average Bonchev–Trinajstić information content (AvgIpc) is 2.77. The van der Waals surface area contributed by atoms with Crippen LogP contribution in [0.2, 0.25) is 0 Å². The Balaban J connectivity index is 1.84. The second kappa shape index (κ2) is 4.99. The van der Waals surface area contributed by atoms with E-state index >= 15 is 0 Å². The van der Waals surface area contributed by atoms with Gasteiger partial charge in [0.05, 0.1) is 12.8 Å². The second-order valence-corrected chi connectivity index (χ2v) is 5.04. The molecule has 1 aliphatic carbocycles. The van der Waals surface area contributed by atoms with Gasteiger partial charge in [-0.05, 0) is 43.0 Å². The molecule has 0 bridgehead atoms. The Morgan fingerprint density at radius 1 is 1.17 bits per heavy atom. The third-order valence-electron chi connectivity index (χ3n) is 3.88. The molecule has 1 aromatic heterocycles. The van der Waals surface area contributed by atoms with E-state index in [9.17, 15) is 0 Å². The summed E-state index contributed by atoms with van der Waals surface area (Å²) in [6.07, 6.45) is 5.87. The van der Waals surface area contributed by atoms with E-state index in [2.05, 4.69) is 29.6 Å². The van der Waals surface area contributed by atoms with Crippen molar-refractivity contribution in [2.45, 2.75) is 31.7 Å². The molecule has 2 nitrogen and oxygen atoms in total. The molecule has 18 heavy (non-hydrogen) atoms. The van der Waals surface area contributed by atoms with Gasteiger partial charge in [0.25, 0.3) is 0 Å². The van der Waals surface area contributed by atoms with Gasteiger partial charge in [-0.1, -0.05) is 30.7 Å². The van der Waals surface area contributed by atoms with Crippen molar-refractivity contribution in [3.63, 3.8) is 0 Å². The van der Waals surface area contributed by atoms with E-state index in [-0.39, 0.29) is 0 Å². The predicted octanol–water partition coefficient (Wildman–Crippen LogP) is 3.93. The highest BCUT2D eigenvalue weighted by molar-refractivity contribution is 5.65. The molecule has 2 aromatic rings. The SMILES string of the molecule is CNCc1occc1-c1ccc(C2CCC2)cc1. The molecule has 0 saturated heterocycles. The minimum atomic E-state index is 0.771. The maximum atomic E-state index is 5.51. The van der Waals surface area contributed by atoms with Crippen molar-refractivity contribution in [1.29, 1.82) is 0 Å². The van der Waals surface area contributed by atoms with Crippen LogP contribution in [0.4, 0.5) is 0 Å². The quantitative estimate of drug-likeness (QED) is 0.877. The highest BCUT2D eigenvalue weighted by Gasteiger charge is 2.19.